The van der Waals surface area contributed by atoms with Gasteiger partial charge in [-0.05, 0) is 12.8 Å². The largest absolute Gasteiger partial charge is 0.481 e. The van der Waals surface area contributed by atoms with E-state index in [-0.39, 0.29) is 13.0 Å². The van der Waals surface area contributed by atoms with Crippen molar-refractivity contribution in [2.75, 3.05) is 52.5 Å². The maximum Gasteiger partial charge on any atom is 0.407 e. The SMILES string of the molecule is NCC(=O)NCC(=O)CCC(=O)NCC(=O)C[C@@H](COC(=O)NCCC(=O)O)C(=O)NC(CCC(=O)NC[C@H](O)[C@@H](O)[C@H](O)[C@H](O)CO)C(=O)CC[C@H](O)[C@@H](O)[C@H](O)[C@H](O)CO. The van der Waals surface area contributed by atoms with Crippen LogP contribution in [0.3, 0.4) is 0 Å². The first-order valence-electron chi connectivity index (χ1n) is 19.2. The molecule has 0 aliphatic carbocycles. The summed E-state index contributed by atoms with van der Waals surface area (Å²) in [6.07, 6.45) is -21.3. The van der Waals surface area contributed by atoms with Crippen LogP contribution in [0.1, 0.15) is 51.4 Å². The molecule has 0 aliphatic rings. The van der Waals surface area contributed by atoms with Crippen LogP contribution in [-0.2, 0) is 43.1 Å². The predicted octanol–water partition coefficient (Wildman–Crippen LogP) is -9.09. The third kappa shape index (κ3) is 24.0. The molecule has 0 saturated carbocycles. The number of amides is 5. The number of carbonyl (C=O) groups is 9. The van der Waals surface area contributed by atoms with E-state index in [9.17, 15) is 84.0 Å². The molecular formula is C35H60N6O21. The van der Waals surface area contributed by atoms with Gasteiger partial charge in [-0.3, -0.25) is 38.4 Å². The molecule has 10 atom stereocenters. The van der Waals surface area contributed by atoms with Crippen LogP contribution in [-0.4, -0.2) is 217 Å². The summed E-state index contributed by atoms with van der Waals surface area (Å²) in [4.78, 5) is 111. The van der Waals surface area contributed by atoms with Crippen LogP contribution in [0, 0.1) is 5.92 Å². The average Bonchev–Trinajstić information content (AvgIpc) is 3.25. The Hall–Kier alpha value is -4.81. The van der Waals surface area contributed by atoms with Crippen LogP contribution < -0.4 is 32.3 Å². The number of aliphatic hydroxyl groups excluding tert-OH is 10. The van der Waals surface area contributed by atoms with Crippen molar-refractivity contribution in [1.29, 1.82) is 0 Å². The Morgan fingerprint density at radius 3 is 1.66 bits per heavy atom. The number of hydrogen-bond acceptors (Lipinski definition) is 21. The zero-order valence-corrected chi connectivity index (χ0v) is 33.7. The van der Waals surface area contributed by atoms with Gasteiger partial charge in [0.25, 0.3) is 0 Å². The molecule has 5 amide bonds. The summed E-state index contributed by atoms with van der Waals surface area (Å²) >= 11 is 0. The number of ketones is 3. The van der Waals surface area contributed by atoms with E-state index in [2.05, 4.69) is 26.6 Å². The topological polar surface area (TPSA) is 472 Å². The number of alkyl carbamates (subject to hydrolysis) is 1. The van der Waals surface area contributed by atoms with Gasteiger partial charge in [0, 0.05) is 45.2 Å². The summed E-state index contributed by atoms with van der Waals surface area (Å²) in [5, 5.41) is 117. The van der Waals surface area contributed by atoms with Crippen molar-refractivity contribution in [2.24, 2.45) is 11.7 Å². The Morgan fingerprint density at radius 1 is 0.565 bits per heavy atom. The fourth-order valence-electron chi connectivity index (χ4n) is 5.04. The smallest absolute Gasteiger partial charge is 0.407 e. The van der Waals surface area contributed by atoms with Crippen molar-refractivity contribution in [3.05, 3.63) is 0 Å². The van der Waals surface area contributed by atoms with E-state index in [0.29, 0.717) is 0 Å². The van der Waals surface area contributed by atoms with Gasteiger partial charge in [-0.2, -0.15) is 0 Å². The fourth-order valence-corrected chi connectivity index (χ4v) is 5.04. The van der Waals surface area contributed by atoms with Gasteiger partial charge in [-0.1, -0.05) is 0 Å². The summed E-state index contributed by atoms with van der Waals surface area (Å²) in [7, 11) is 0. The summed E-state index contributed by atoms with van der Waals surface area (Å²) in [6, 6.07) is -1.66. The molecule has 62 heavy (non-hydrogen) atoms. The van der Waals surface area contributed by atoms with Crippen molar-refractivity contribution >= 4 is 53.0 Å². The lowest BCUT2D eigenvalue weighted by Gasteiger charge is -2.26. The number of carboxylic acid groups (broad SMARTS) is 1. The lowest BCUT2D eigenvalue weighted by Crippen LogP contribution is -2.50. The molecule has 27 nitrogen and oxygen atoms in total. The van der Waals surface area contributed by atoms with Gasteiger partial charge in [0.2, 0.25) is 23.6 Å². The molecule has 0 spiro atoms. The molecule has 0 aliphatic heterocycles. The van der Waals surface area contributed by atoms with E-state index < -0.39 is 205 Å². The monoisotopic (exact) mass is 900 g/mol. The maximum absolute atomic E-state index is 13.6. The number of carbonyl (C=O) groups excluding carboxylic acids is 8. The number of nitrogens with one attached hydrogen (secondary N) is 5. The van der Waals surface area contributed by atoms with E-state index in [1.807, 2.05) is 0 Å². The summed E-state index contributed by atoms with van der Waals surface area (Å²) < 4.78 is 4.97. The average molecular weight is 901 g/mol. The van der Waals surface area contributed by atoms with Crippen LogP contribution in [0.15, 0.2) is 0 Å². The Morgan fingerprint density at radius 2 is 1.10 bits per heavy atom. The molecule has 18 N–H and O–H groups in total. The number of ether oxygens (including phenoxy) is 1. The number of carboxylic acids is 1. The van der Waals surface area contributed by atoms with E-state index in [1.54, 1.807) is 0 Å². The number of aliphatic hydroxyl groups is 10. The standard InChI is InChI=1S/C35H60N6O21/c36-10-28(53)39-11-18(44)1-5-26(51)38-12-19(45)9-17(16-62-35(61)37-8-7-29(54)55)34(60)41-20(21(46)3-4-22(47)30(56)32(58)24(49)14-42)2-6-27(52)40-13-23(48)31(57)33(59)25(50)15-43/h17,20,22-25,30-33,42-43,47-50,56-59H,1-16,36H2,(H,37,61)(H,38,51)(H,39,53)(H,40,52)(H,41,60)(H,54,55)/t17-,20?,22-,23-,24+,25+,30+,31+,32+,33+/m0/s1. The zero-order valence-electron chi connectivity index (χ0n) is 33.7. The molecule has 356 valence electrons. The van der Waals surface area contributed by atoms with Crippen LogP contribution in [0.25, 0.3) is 0 Å². The van der Waals surface area contributed by atoms with Gasteiger partial charge < -0.3 is 93.2 Å². The number of rotatable bonds is 34. The molecule has 0 bridgehead atoms. The lowest BCUT2D eigenvalue weighted by molar-refractivity contribution is -0.137. The Balaban J connectivity index is 6.07. The minimum Gasteiger partial charge on any atom is -0.481 e. The minimum atomic E-state index is -2.07. The normalized spacial score (nSPS) is 16.0. The van der Waals surface area contributed by atoms with E-state index in [4.69, 9.17) is 25.8 Å². The molecule has 0 radical (unpaired) electrons. The van der Waals surface area contributed by atoms with Crippen LogP contribution in [0.4, 0.5) is 4.79 Å². The zero-order chi connectivity index (χ0) is 47.5. The Kier molecular flexibility index (Phi) is 28.7. The third-order valence-corrected chi connectivity index (χ3v) is 8.86. The van der Waals surface area contributed by atoms with Gasteiger partial charge >= 0.3 is 12.1 Å². The highest BCUT2D eigenvalue weighted by Crippen LogP contribution is 2.14. The first-order valence-corrected chi connectivity index (χ1v) is 19.2. The summed E-state index contributed by atoms with van der Waals surface area (Å²) in [5.74, 6) is -8.63. The second-order valence-electron chi connectivity index (χ2n) is 13.9. The molecule has 27 heteroatoms. The van der Waals surface area contributed by atoms with Gasteiger partial charge in [0.05, 0.1) is 63.4 Å². The van der Waals surface area contributed by atoms with Crippen LogP contribution >= 0.6 is 0 Å². The minimum absolute atomic E-state index is 0.324. The van der Waals surface area contributed by atoms with E-state index in [1.165, 1.54) is 0 Å². The fraction of sp³-hybridized carbons (Fsp3) is 0.743. The van der Waals surface area contributed by atoms with Gasteiger partial charge in [-0.15, -0.1) is 0 Å². The van der Waals surface area contributed by atoms with Crippen LogP contribution in [0.5, 0.6) is 0 Å². The van der Waals surface area contributed by atoms with Gasteiger partial charge in [0.15, 0.2) is 17.3 Å². The van der Waals surface area contributed by atoms with Crippen molar-refractivity contribution < 1.29 is 104 Å². The molecule has 0 aromatic heterocycles. The third-order valence-electron chi connectivity index (χ3n) is 8.86. The first-order chi connectivity index (χ1) is 29.1. The summed E-state index contributed by atoms with van der Waals surface area (Å²) in [6.45, 7) is -5.42. The van der Waals surface area contributed by atoms with Crippen LogP contribution in [0.2, 0.25) is 0 Å². The number of Topliss-reactive ketones (excluding diaryl/α,β-unsaturated/α-hetero) is 3. The molecule has 0 heterocycles. The van der Waals surface area contributed by atoms with E-state index >= 15 is 0 Å². The van der Waals surface area contributed by atoms with Gasteiger partial charge in [0.1, 0.15) is 43.2 Å². The van der Waals surface area contributed by atoms with Crippen molar-refractivity contribution in [3.8, 4) is 0 Å². The second-order valence-corrected chi connectivity index (χ2v) is 13.9. The molecule has 0 aromatic carbocycles. The highest BCUT2D eigenvalue weighted by atomic mass is 16.5. The van der Waals surface area contributed by atoms with Gasteiger partial charge in [-0.25, -0.2) is 4.79 Å². The molecule has 0 rings (SSSR count). The molecule has 0 aromatic rings. The summed E-state index contributed by atoms with van der Waals surface area (Å²) in [5.41, 5.74) is 5.13. The van der Waals surface area contributed by atoms with E-state index in [0.717, 1.165) is 0 Å². The lowest BCUT2D eigenvalue weighted by atomic mass is 9.95. The number of nitrogens with two attached hydrogens (primary N) is 1. The Labute approximate surface area is 354 Å². The number of aliphatic carboxylic acids is 1. The molecule has 1 unspecified atom stereocenters. The molecule has 0 fully saturated rings. The highest BCUT2D eigenvalue weighted by Gasteiger charge is 2.34. The molecule has 0 saturated heterocycles. The predicted molar refractivity (Wildman–Crippen MR) is 205 cm³/mol. The van der Waals surface area contributed by atoms with Crippen molar-refractivity contribution in [2.45, 2.75) is 106 Å². The Bertz CT molecular complexity index is 1470. The quantitative estimate of drug-likeness (QED) is 0.0285. The number of hydrogen-bond donors (Lipinski definition) is 17. The van der Waals surface area contributed by atoms with Crippen molar-refractivity contribution in [1.82, 2.24) is 26.6 Å². The second kappa shape index (κ2) is 31.1. The molecular weight excluding hydrogens is 840 g/mol. The van der Waals surface area contributed by atoms with Crippen molar-refractivity contribution in [3.63, 3.8) is 0 Å². The highest BCUT2D eigenvalue weighted by molar-refractivity contribution is 5.94. The maximum atomic E-state index is 13.6. The first kappa shape index (κ1) is 57.2.